The molecule has 4 heteroatoms. The highest BCUT2D eigenvalue weighted by Gasteiger charge is 2.39. The summed E-state index contributed by atoms with van der Waals surface area (Å²) in [7, 11) is 0. The maximum atomic E-state index is 11.5. The van der Waals surface area contributed by atoms with Gasteiger partial charge in [-0.05, 0) is 0 Å². The van der Waals surface area contributed by atoms with E-state index in [4.69, 9.17) is 0 Å². The maximum Gasteiger partial charge on any atom is 0.158 e. The van der Waals surface area contributed by atoms with Crippen molar-refractivity contribution < 1.29 is 19.2 Å². The van der Waals surface area contributed by atoms with Gasteiger partial charge in [0.1, 0.15) is 11.7 Å². The fourth-order valence-corrected chi connectivity index (χ4v) is 1.49. The van der Waals surface area contributed by atoms with Gasteiger partial charge in [0.05, 0.1) is 12.8 Å². The van der Waals surface area contributed by atoms with Gasteiger partial charge < -0.3 is 0 Å². The monoisotopic (exact) mass is 196 g/mol. The molecule has 0 atom stereocenters. The van der Waals surface area contributed by atoms with Crippen LogP contribution in [0.15, 0.2) is 0 Å². The number of carbonyl (C=O) groups excluding carboxylic acids is 4. The van der Waals surface area contributed by atoms with Gasteiger partial charge in [0.25, 0.3) is 0 Å². The molecule has 0 amide bonds. The molecule has 0 unspecified atom stereocenters. The van der Waals surface area contributed by atoms with Crippen molar-refractivity contribution in [1.29, 1.82) is 0 Å². The fraction of sp³-hybridized carbons (Fsp3) is 0.600. The van der Waals surface area contributed by atoms with Crippen LogP contribution in [0.3, 0.4) is 0 Å². The summed E-state index contributed by atoms with van der Waals surface area (Å²) in [6.07, 6.45) is -0.538. The van der Waals surface area contributed by atoms with E-state index in [0.29, 0.717) is 0 Å². The second-order valence-corrected chi connectivity index (χ2v) is 3.81. The quantitative estimate of drug-likeness (QED) is 0.597. The molecular formula is C10H12O4. The molecule has 1 aliphatic rings. The molecule has 76 valence electrons. The van der Waals surface area contributed by atoms with Crippen molar-refractivity contribution >= 4 is 23.1 Å². The zero-order chi connectivity index (χ0) is 10.9. The maximum absolute atomic E-state index is 11.5. The molecule has 1 saturated carbocycles. The second-order valence-electron chi connectivity index (χ2n) is 3.81. The third kappa shape index (κ3) is 1.95. The van der Waals surface area contributed by atoms with E-state index in [2.05, 4.69) is 0 Å². The first-order chi connectivity index (χ1) is 6.43. The third-order valence-corrected chi connectivity index (χ3v) is 2.24. The minimum atomic E-state index is -1.17. The summed E-state index contributed by atoms with van der Waals surface area (Å²) in [5.74, 6) is -3.34. The molecule has 14 heavy (non-hydrogen) atoms. The van der Waals surface area contributed by atoms with Gasteiger partial charge in [-0.2, -0.15) is 0 Å². The van der Waals surface area contributed by atoms with Crippen LogP contribution in [0, 0.1) is 11.8 Å². The average molecular weight is 196 g/mol. The zero-order valence-corrected chi connectivity index (χ0v) is 8.20. The van der Waals surface area contributed by atoms with Gasteiger partial charge in [-0.1, -0.05) is 13.8 Å². The Morgan fingerprint density at radius 1 is 1.14 bits per heavy atom. The molecule has 1 fully saturated rings. The van der Waals surface area contributed by atoms with E-state index < -0.39 is 17.5 Å². The Balaban J connectivity index is 2.88. The summed E-state index contributed by atoms with van der Waals surface area (Å²) in [6.45, 7) is 3.28. The Hall–Kier alpha value is -1.32. The van der Waals surface area contributed by atoms with E-state index in [1.165, 1.54) is 0 Å². The number of hydrogen-bond acceptors (Lipinski definition) is 4. The lowest BCUT2D eigenvalue weighted by atomic mass is 9.80. The van der Waals surface area contributed by atoms with Crippen LogP contribution in [0.2, 0.25) is 0 Å². The van der Waals surface area contributed by atoms with Crippen LogP contribution in [0.25, 0.3) is 0 Å². The second kappa shape index (κ2) is 3.82. The van der Waals surface area contributed by atoms with Crippen molar-refractivity contribution in [2.24, 2.45) is 11.8 Å². The minimum absolute atomic E-state index is 0.269. The van der Waals surface area contributed by atoms with Crippen LogP contribution < -0.4 is 0 Å². The number of carbonyl (C=O) groups is 4. The summed E-state index contributed by atoms with van der Waals surface area (Å²) in [6, 6.07) is 0. The van der Waals surface area contributed by atoms with Crippen LogP contribution in [-0.4, -0.2) is 23.1 Å². The van der Waals surface area contributed by atoms with Gasteiger partial charge in [-0.15, -0.1) is 0 Å². The number of rotatable bonds is 2. The molecule has 0 N–H and O–H groups in total. The van der Waals surface area contributed by atoms with Crippen LogP contribution in [-0.2, 0) is 19.2 Å². The summed E-state index contributed by atoms with van der Waals surface area (Å²) < 4.78 is 0. The van der Waals surface area contributed by atoms with Gasteiger partial charge >= 0.3 is 0 Å². The smallest absolute Gasteiger partial charge is 0.158 e. The summed E-state index contributed by atoms with van der Waals surface area (Å²) in [5.41, 5.74) is 0. The van der Waals surface area contributed by atoms with Gasteiger partial charge in [0, 0.05) is 5.92 Å². The molecule has 0 spiro atoms. The molecular weight excluding hydrogens is 184 g/mol. The van der Waals surface area contributed by atoms with Crippen molar-refractivity contribution in [2.75, 3.05) is 0 Å². The van der Waals surface area contributed by atoms with Crippen molar-refractivity contribution in [1.82, 2.24) is 0 Å². The van der Waals surface area contributed by atoms with Crippen LogP contribution in [0.1, 0.15) is 26.7 Å². The molecule has 0 heterocycles. The van der Waals surface area contributed by atoms with E-state index in [-0.39, 0.29) is 30.3 Å². The van der Waals surface area contributed by atoms with Gasteiger partial charge in [-0.25, -0.2) is 0 Å². The average Bonchev–Trinajstić information content (AvgIpc) is 2.01. The van der Waals surface area contributed by atoms with Crippen molar-refractivity contribution in [2.45, 2.75) is 26.7 Å². The molecule has 0 saturated heterocycles. The fourth-order valence-electron chi connectivity index (χ4n) is 1.49. The zero-order valence-electron chi connectivity index (χ0n) is 8.20. The summed E-state index contributed by atoms with van der Waals surface area (Å²) >= 11 is 0. The Morgan fingerprint density at radius 3 is 1.93 bits per heavy atom. The molecule has 0 bridgehead atoms. The molecule has 0 aromatic heterocycles. The van der Waals surface area contributed by atoms with E-state index in [1.807, 2.05) is 0 Å². The highest BCUT2D eigenvalue weighted by Crippen LogP contribution is 2.19. The van der Waals surface area contributed by atoms with Gasteiger partial charge in [0.2, 0.25) is 0 Å². The summed E-state index contributed by atoms with van der Waals surface area (Å²) in [5, 5.41) is 0. The molecule has 0 aliphatic heterocycles. The van der Waals surface area contributed by atoms with Crippen LogP contribution in [0.5, 0.6) is 0 Å². The number of hydrogen-bond donors (Lipinski definition) is 0. The van der Waals surface area contributed by atoms with Crippen molar-refractivity contribution in [3.8, 4) is 0 Å². The largest absolute Gasteiger partial charge is 0.299 e. The van der Waals surface area contributed by atoms with E-state index in [9.17, 15) is 19.2 Å². The molecule has 0 aromatic carbocycles. The lowest BCUT2D eigenvalue weighted by Crippen LogP contribution is -2.40. The Kier molecular flexibility index (Phi) is 2.93. The van der Waals surface area contributed by atoms with E-state index in [0.717, 1.165) is 0 Å². The van der Waals surface area contributed by atoms with E-state index >= 15 is 0 Å². The predicted octanol–water partition coefficient (Wildman–Crippen LogP) is 0.329. The summed E-state index contributed by atoms with van der Waals surface area (Å²) in [4.78, 5) is 44.9. The normalized spacial score (nSPS) is 19.2. The SMILES string of the molecule is CC(C)C(=O)C1C(=O)CC(=O)CC1=O. The first kappa shape index (κ1) is 10.8. The third-order valence-electron chi connectivity index (χ3n) is 2.24. The van der Waals surface area contributed by atoms with Crippen LogP contribution >= 0.6 is 0 Å². The molecule has 1 aliphatic carbocycles. The number of Topliss-reactive ketones (excluding diaryl/α,β-unsaturated/α-hetero) is 4. The predicted molar refractivity (Wildman–Crippen MR) is 47.6 cm³/mol. The highest BCUT2D eigenvalue weighted by atomic mass is 16.2. The van der Waals surface area contributed by atoms with Crippen molar-refractivity contribution in [3.63, 3.8) is 0 Å². The van der Waals surface area contributed by atoms with Gasteiger partial charge in [-0.3, -0.25) is 19.2 Å². The molecule has 0 aromatic rings. The molecule has 1 rings (SSSR count). The van der Waals surface area contributed by atoms with Crippen LogP contribution in [0.4, 0.5) is 0 Å². The standard InChI is InChI=1S/C10H12O4/c1-5(2)10(14)9-7(12)3-6(11)4-8(9)13/h5,9H,3-4H2,1-2H3. The van der Waals surface area contributed by atoms with E-state index in [1.54, 1.807) is 13.8 Å². The highest BCUT2D eigenvalue weighted by molar-refractivity contribution is 6.29. The number of ketones is 4. The minimum Gasteiger partial charge on any atom is -0.299 e. The molecule has 0 radical (unpaired) electrons. The van der Waals surface area contributed by atoms with Crippen molar-refractivity contribution in [3.05, 3.63) is 0 Å². The Morgan fingerprint density at radius 2 is 1.57 bits per heavy atom. The Bertz CT molecular complexity index is 294. The molecule has 4 nitrogen and oxygen atoms in total. The lowest BCUT2D eigenvalue weighted by Gasteiger charge is -2.18. The Labute approximate surface area is 81.7 Å². The topological polar surface area (TPSA) is 68.3 Å². The van der Waals surface area contributed by atoms with Gasteiger partial charge in [0.15, 0.2) is 17.3 Å². The first-order valence-electron chi connectivity index (χ1n) is 4.54. The lowest BCUT2D eigenvalue weighted by molar-refractivity contribution is -0.146. The first-order valence-corrected chi connectivity index (χ1v) is 4.54.